The Bertz CT molecular complexity index is 1430. The van der Waals surface area contributed by atoms with Crippen LogP contribution in [0.15, 0.2) is 61.2 Å². The van der Waals surface area contributed by atoms with Crippen molar-refractivity contribution in [2.45, 2.75) is 0 Å². The number of fused-ring (bicyclic) bond motifs is 2. The largest absolute Gasteiger partial charge is 0.496 e. The molecule has 0 fully saturated rings. The number of benzene rings is 2. The number of aromatic amines is 2. The Morgan fingerprint density at radius 2 is 1.84 bits per heavy atom. The molecular weight excluding hydrogens is 390 g/mol. The van der Waals surface area contributed by atoms with Gasteiger partial charge in [0.15, 0.2) is 0 Å². The number of H-pyrrole nitrogens is 2. The van der Waals surface area contributed by atoms with Gasteiger partial charge in [-0.3, -0.25) is 4.79 Å². The lowest BCUT2D eigenvalue weighted by atomic mass is 9.99. The van der Waals surface area contributed by atoms with Crippen LogP contribution in [0.1, 0.15) is 10.4 Å². The summed E-state index contributed by atoms with van der Waals surface area (Å²) in [5.74, 6) is 0.705. The highest BCUT2D eigenvalue weighted by molar-refractivity contribution is 6.06. The van der Waals surface area contributed by atoms with E-state index in [-0.39, 0.29) is 5.91 Å². The van der Waals surface area contributed by atoms with E-state index in [0.29, 0.717) is 11.1 Å². The zero-order valence-electron chi connectivity index (χ0n) is 17.4. The monoisotopic (exact) mass is 411 g/mol. The SMILES string of the molecule is COc1ccccc1-c1c[nH]c2ncc(-c3cc(C(=O)N(C)C)c4nc[nH]c4c3)cc12. The van der Waals surface area contributed by atoms with Crippen LogP contribution in [0.4, 0.5) is 0 Å². The summed E-state index contributed by atoms with van der Waals surface area (Å²) in [5, 5.41) is 0.979. The molecule has 31 heavy (non-hydrogen) atoms. The number of nitrogens with one attached hydrogen (secondary N) is 2. The maximum atomic E-state index is 12.8. The van der Waals surface area contributed by atoms with Gasteiger partial charge in [0.25, 0.3) is 5.91 Å². The number of methoxy groups -OCH3 is 1. The molecule has 0 saturated carbocycles. The molecule has 5 aromatic rings. The van der Waals surface area contributed by atoms with Crippen LogP contribution in [0.3, 0.4) is 0 Å². The Balaban J connectivity index is 1.70. The Morgan fingerprint density at radius 3 is 2.65 bits per heavy atom. The highest BCUT2D eigenvalue weighted by Gasteiger charge is 2.18. The topological polar surface area (TPSA) is 86.9 Å². The Kier molecular flexibility index (Phi) is 4.43. The van der Waals surface area contributed by atoms with Gasteiger partial charge < -0.3 is 19.6 Å². The fourth-order valence-corrected chi connectivity index (χ4v) is 3.87. The molecule has 1 amide bonds. The van der Waals surface area contributed by atoms with Crippen molar-refractivity contribution in [2.24, 2.45) is 0 Å². The molecule has 0 aliphatic carbocycles. The molecule has 3 aromatic heterocycles. The minimum atomic E-state index is -0.0932. The number of ether oxygens (including phenoxy) is 1. The molecule has 0 atom stereocenters. The summed E-state index contributed by atoms with van der Waals surface area (Å²) in [6, 6.07) is 13.9. The molecule has 0 saturated heterocycles. The first-order chi connectivity index (χ1) is 15.1. The summed E-state index contributed by atoms with van der Waals surface area (Å²) in [4.78, 5) is 29.6. The van der Waals surface area contributed by atoms with Gasteiger partial charge in [-0.25, -0.2) is 9.97 Å². The van der Waals surface area contributed by atoms with Gasteiger partial charge in [-0.2, -0.15) is 0 Å². The van der Waals surface area contributed by atoms with Crippen LogP contribution in [0.5, 0.6) is 5.75 Å². The van der Waals surface area contributed by atoms with Gasteiger partial charge in [0.05, 0.1) is 24.5 Å². The number of imidazole rings is 1. The summed E-state index contributed by atoms with van der Waals surface area (Å²) >= 11 is 0. The van der Waals surface area contributed by atoms with Gasteiger partial charge in [0.1, 0.15) is 16.9 Å². The third kappa shape index (κ3) is 3.11. The summed E-state index contributed by atoms with van der Waals surface area (Å²) in [7, 11) is 5.14. The average molecular weight is 411 g/mol. The van der Waals surface area contributed by atoms with E-state index in [1.54, 1.807) is 32.4 Å². The van der Waals surface area contributed by atoms with E-state index in [1.807, 2.05) is 48.8 Å². The molecule has 0 spiro atoms. The fourth-order valence-electron chi connectivity index (χ4n) is 3.87. The van der Waals surface area contributed by atoms with Crippen molar-refractivity contribution in [3.63, 3.8) is 0 Å². The van der Waals surface area contributed by atoms with E-state index < -0.39 is 0 Å². The van der Waals surface area contributed by atoms with Crippen LogP contribution in [0, 0.1) is 0 Å². The number of carbonyl (C=O) groups excluding carboxylic acids is 1. The molecule has 0 radical (unpaired) electrons. The van der Waals surface area contributed by atoms with Crippen molar-refractivity contribution in [3.8, 4) is 28.0 Å². The van der Waals surface area contributed by atoms with Gasteiger partial charge >= 0.3 is 0 Å². The van der Waals surface area contributed by atoms with Crippen molar-refractivity contribution in [1.82, 2.24) is 24.8 Å². The number of hydrogen-bond acceptors (Lipinski definition) is 4. The second kappa shape index (κ2) is 7.28. The number of pyridine rings is 1. The Hall–Kier alpha value is -4.13. The molecule has 2 N–H and O–H groups in total. The van der Waals surface area contributed by atoms with E-state index in [0.717, 1.165) is 44.6 Å². The van der Waals surface area contributed by atoms with E-state index in [9.17, 15) is 4.79 Å². The standard InChI is InChI=1S/C24H21N5O2/c1-29(2)24(30)18-8-14(10-20-22(18)28-13-27-20)15-9-17-19(12-26-23(17)25-11-15)16-6-4-5-7-21(16)31-3/h4-13H,1-3H3,(H,25,26)(H,27,28). The van der Waals surface area contributed by atoms with E-state index >= 15 is 0 Å². The molecule has 0 aliphatic heterocycles. The summed E-state index contributed by atoms with van der Waals surface area (Å²) in [6.07, 6.45) is 5.36. The minimum absolute atomic E-state index is 0.0932. The van der Waals surface area contributed by atoms with E-state index in [4.69, 9.17) is 4.74 Å². The summed E-state index contributed by atoms with van der Waals surface area (Å²) in [5.41, 5.74) is 6.61. The second-order valence-electron chi connectivity index (χ2n) is 7.54. The third-order valence-corrected chi connectivity index (χ3v) is 5.42. The number of hydrogen-bond donors (Lipinski definition) is 2. The van der Waals surface area contributed by atoms with Gasteiger partial charge in [-0.05, 0) is 29.8 Å². The van der Waals surface area contributed by atoms with Gasteiger partial charge in [-0.1, -0.05) is 18.2 Å². The first kappa shape index (κ1) is 18.9. The molecule has 2 aromatic carbocycles. The predicted octanol–water partition coefficient (Wildman–Crippen LogP) is 4.48. The lowest BCUT2D eigenvalue weighted by Crippen LogP contribution is -2.22. The van der Waals surface area contributed by atoms with Gasteiger partial charge in [0.2, 0.25) is 0 Å². The summed E-state index contributed by atoms with van der Waals surface area (Å²) < 4.78 is 5.55. The van der Waals surface area contributed by atoms with E-state index in [1.165, 1.54) is 0 Å². The van der Waals surface area contributed by atoms with Crippen molar-refractivity contribution < 1.29 is 9.53 Å². The number of carbonyl (C=O) groups is 1. The van der Waals surface area contributed by atoms with Gasteiger partial charge in [-0.15, -0.1) is 0 Å². The molecule has 3 heterocycles. The van der Waals surface area contributed by atoms with Crippen molar-refractivity contribution >= 4 is 28.0 Å². The quantitative estimate of drug-likeness (QED) is 0.456. The predicted molar refractivity (Wildman–Crippen MR) is 121 cm³/mol. The molecule has 0 bridgehead atoms. The molecule has 7 heteroatoms. The highest BCUT2D eigenvalue weighted by Crippen LogP contribution is 2.36. The molecule has 7 nitrogen and oxygen atoms in total. The van der Waals surface area contributed by atoms with Crippen LogP contribution < -0.4 is 4.74 Å². The number of nitrogens with zero attached hydrogens (tertiary/aromatic N) is 3. The van der Waals surface area contributed by atoms with Crippen LogP contribution in [0.2, 0.25) is 0 Å². The lowest BCUT2D eigenvalue weighted by Gasteiger charge is -2.12. The zero-order valence-corrected chi connectivity index (χ0v) is 17.4. The second-order valence-corrected chi connectivity index (χ2v) is 7.54. The Morgan fingerprint density at radius 1 is 1.00 bits per heavy atom. The third-order valence-electron chi connectivity index (χ3n) is 5.42. The number of rotatable bonds is 4. The van der Waals surface area contributed by atoms with Crippen LogP contribution >= 0.6 is 0 Å². The molecule has 0 aliphatic rings. The normalized spacial score (nSPS) is 11.2. The molecule has 154 valence electrons. The van der Waals surface area contributed by atoms with Crippen LogP contribution in [-0.4, -0.2) is 51.9 Å². The number of amides is 1. The van der Waals surface area contributed by atoms with Crippen LogP contribution in [0.25, 0.3) is 44.3 Å². The molecule has 0 unspecified atom stereocenters. The maximum absolute atomic E-state index is 12.8. The maximum Gasteiger partial charge on any atom is 0.255 e. The summed E-state index contributed by atoms with van der Waals surface area (Å²) in [6.45, 7) is 0. The first-order valence-electron chi connectivity index (χ1n) is 9.86. The molecule has 5 rings (SSSR count). The fraction of sp³-hybridized carbons (Fsp3) is 0.125. The number of aromatic nitrogens is 4. The van der Waals surface area contributed by atoms with Gasteiger partial charge in [0, 0.05) is 48.6 Å². The zero-order chi connectivity index (χ0) is 21.5. The van der Waals surface area contributed by atoms with Crippen molar-refractivity contribution in [3.05, 3.63) is 66.7 Å². The van der Waals surface area contributed by atoms with Crippen molar-refractivity contribution in [1.29, 1.82) is 0 Å². The lowest BCUT2D eigenvalue weighted by molar-refractivity contribution is 0.0829. The van der Waals surface area contributed by atoms with E-state index in [2.05, 4.69) is 26.0 Å². The molecular formula is C24H21N5O2. The van der Waals surface area contributed by atoms with Crippen LogP contribution in [-0.2, 0) is 0 Å². The smallest absolute Gasteiger partial charge is 0.255 e. The van der Waals surface area contributed by atoms with Crippen molar-refractivity contribution in [2.75, 3.05) is 21.2 Å². The first-order valence-corrected chi connectivity index (χ1v) is 9.86. The average Bonchev–Trinajstić information content (AvgIpc) is 3.44. The number of para-hydroxylation sites is 1. The Labute approximate surface area is 178 Å². The minimum Gasteiger partial charge on any atom is -0.496 e. The highest BCUT2D eigenvalue weighted by atomic mass is 16.5.